The largest absolute Gasteiger partial charge is 2.00 e. The normalized spacial score (nSPS) is 13.6. The molecule has 0 spiro atoms. The van der Waals surface area contributed by atoms with E-state index in [0.29, 0.717) is 83.9 Å². The molecule has 0 radical (unpaired) electrons. The number of amides is 3. The number of nitrogens with two attached hydrogens (primary N) is 1. The molecule has 3 aliphatic rings. The first kappa shape index (κ1) is 106. The van der Waals surface area contributed by atoms with Gasteiger partial charge in [0.15, 0.2) is 5.82 Å². The van der Waals surface area contributed by atoms with Crippen LogP contribution in [0.25, 0.3) is 32.7 Å². The number of carbonyl (C=O) groups is 6. The maximum atomic E-state index is 13.3. The number of nitrogens with one attached hydrogen (secondary N) is 4. The molecule has 0 bridgehead atoms. The number of benzene rings is 3. The molecule has 692 valence electrons. The van der Waals surface area contributed by atoms with Gasteiger partial charge in [-0.2, -0.15) is 15.3 Å². The standard InChI is InChI=1S/C33H48N6O3.C30H41N5O3.C25H42N4O3.C8H7BrN2.2CH3.Pd/c1-24(40)34-20-23-39(21-11-10-13-26-18-17-25-12-6-8-15-28(25)35-26)22-19-29(32(41)42-33(2,3)4)36-31-27-14-7-9-16-30(27)38(5)37-31;1-22(36)31-17-20-35(18-8-7-10-25-15-14-23-9-3-5-12-27(23)32-25)19-16-24(30(37)38)21-28-26-11-4-6-13-29(26)34(2)33-28;1-19(30)27-15-18-29(17-14-22(26)24(31)32-25(2,3)4)16-8-7-10-21-13-12-20-9-5-6-11-23(20)28-21;1-11-7-5-3-2-4-6(7)8(9)10-11;;;/h7,9,14,16-18,29H,6,8,10-13,15,19-23H2,1-5H3,(H,34,40)(H,36,37);4,6,11,13-15,24H,3,5,7-10,12,16-21H2,1-2H3,(H,31,36)(H,37,38);12-13,22H,5-11,14-18,26H2,1-4H3,(H,27,30);2-5H,1H3;2*1H3;/q;;;;2*-1;+2/t29-;24-;22-;;;;/m010..../s1. The molecule has 28 heteroatoms. The minimum Gasteiger partial charge on any atom is -0.481 e. The molecule has 126 heavy (non-hydrogen) atoms. The molecule has 0 aliphatic heterocycles. The number of esters is 2. The van der Waals surface area contributed by atoms with Crippen LogP contribution in [0.15, 0.2) is 114 Å². The van der Waals surface area contributed by atoms with Crippen LogP contribution in [0.5, 0.6) is 0 Å². The second-order valence-corrected chi connectivity index (χ2v) is 35.9. The van der Waals surface area contributed by atoms with Gasteiger partial charge in [0.1, 0.15) is 27.9 Å². The predicted molar refractivity (Wildman–Crippen MR) is 505 cm³/mol. The number of ether oxygens (including phenoxy) is 2. The van der Waals surface area contributed by atoms with Crippen molar-refractivity contribution in [1.82, 2.24) is 74.9 Å². The summed E-state index contributed by atoms with van der Waals surface area (Å²) in [7, 11) is 5.73. The van der Waals surface area contributed by atoms with E-state index < -0.39 is 35.2 Å². The number of aromatic nitrogens is 9. The van der Waals surface area contributed by atoms with Gasteiger partial charge in [-0.15, -0.1) is 0 Å². The number of aryl methyl sites for hydroxylation is 12. The molecule has 0 unspecified atom stereocenters. The molecule has 3 amide bonds. The van der Waals surface area contributed by atoms with Crippen LogP contribution in [0.1, 0.15) is 215 Å². The number of carbonyl (C=O) groups excluding carboxylic acids is 5. The van der Waals surface area contributed by atoms with Crippen molar-refractivity contribution in [2.24, 2.45) is 32.8 Å². The van der Waals surface area contributed by atoms with E-state index in [1.54, 1.807) is 0 Å². The number of carboxylic acid groups (broad SMARTS) is 1. The number of anilines is 1. The SMILES string of the molecule is CC(=O)NCCN(CCCCc1ccc2c(n1)CCCC2)CC[C@H](Cc1nn(C)c2ccccc12)C(=O)O.CC(=O)NCCN(CCCCc1ccc2c(n1)CCCC2)CC[C@H](N)C(=O)OC(C)(C)C.CC(=O)NCCN(CCCCc1ccc2c(n1)CCCC2)CC[C@H](Nc1nn(C)c2ccccc12)C(=O)OC(C)(C)C.Cn1nc(Br)c2ccccc21.[CH3-].[CH3-].[Pd+2]. The van der Waals surface area contributed by atoms with Crippen LogP contribution >= 0.6 is 15.9 Å². The van der Waals surface area contributed by atoms with Crippen LogP contribution in [0.2, 0.25) is 0 Å². The molecule has 9 aromatic rings. The summed E-state index contributed by atoms with van der Waals surface area (Å²) in [5.74, 6) is -1.41. The summed E-state index contributed by atoms with van der Waals surface area (Å²) in [6.45, 7) is 24.3. The fourth-order valence-corrected chi connectivity index (χ4v) is 16.7. The number of unbranched alkanes of at least 4 members (excludes halogenated alkanes) is 3. The first-order valence-electron chi connectivity index (χ1n) is 44.9. The molecule has 7 N–H and O–H groups in total. The molecule has 0 saturated carbocycles. The van der Waals surface area contributed by atoms with Crippen molar-refractivity contribution in [2.75, 3.05) is 83.9 Å². The minimum absolute atomic E-state index is 0. The number of para-hydroxylation sites is 3. The van der Waals surface area contributed by atoms with Gasteiger partial charge in [-0.3, -0.25) is 53.0 Å². The van der Waals surface area contributed by atoms with Crippen molar-refractivity contribution in [3.63, 3.8) is 0 Å². The van der Waals surface area contributed by atoms with Gasteiger partial charge in [0, 0.05) is 151 Å². The Morgan fingerprint density at radius 1 is 0.460 bits per heavy atom. The molecular weight excluding hydrogens is 1750 g/mol. The maximum Gasteiger partial charge on any atom is 2.00 e. The number of hydrogen-bond acceptors (Lipinski definition) is 19. The van der Waals surface area contributed by atoms with Gasteiger partial charge >= 0.3 is 38.3 Å². The summed E-state index contributed by atoms with van der Waals surface area (Å²) >= 11 is 3.39. The Morgan fingerprint density at radius 2 is 0.825 bits per heavy atom. The van der Waals surface area contributed by atoms with E-state index in [9.17, 15) is 33.9 Å². The molecular formula is C98H144BrN17O9Pd. The van der Waals surface area contributed by atoms with E-state index in [1.807, 2.05) is 150 Å². The second kappa shape index (κ2) is 53.8. The van der Waals surface area contributed by atoms with Crippen molar-refractivity contribution in [1.29, 1.82) is 0 Å². The molecule has 26 nitrogen and oxygen atoms in total. The Morgan fingerprint density at radius 3 is 1.25 bits per heavy atom. The molecule has 0 saturated heterocycles. The number of rotatable bonds is 40. The van der Waals surface area contributed by atoms with Crippen LogP contribution in [0, 0.1) is 20.8 Å². The van der Waals surface area contributed by atoms with E-state index in [4.69, 9.17) is 30.2 Å². The molecule has 3 aliphatic carbocycles. The van der Waals surface area contributed by atoms with Crippen LogP contribution in [0.4, 0.5) is 5.82 Å². The Hall–Kier alpha value is -8.88. The van der Waals surface area contributed by atoms with Crippen LogP contribution in [-0.2, 0) is 144 Å². The third-order valence-electron chi connectivity index (χ3n) is 22.7. The summed E-state index contributed by atoms with van der Waals surface area (Å²) in [6.07, 6.45) is 25.4. The van der Waals surface area contributed by atoms with Gasteiger partial charge in [0.05, 0.1) is 28.2 Å². The molecule has 12 rings (SSSR count). The van der Waals surface area contributed by atoms with E-state index in [-0.39, 0.29) is 64.9 Å². The summed E-state index contributed by atoms with van der Waals surface area (Å²) in [6, 6.07) is 36.2. The monoisotopic (exact) mass is 1890 g/mol. The van der Waals surface area contributed by atoms with Gasteiger partial charge in [-0.25, -0.2) is 4.79 Å². The molecule has 3 atom stereocenters. The fraction of sp³-hybridized carbons (Fsp3) is 0.551. The second-order valence-electron chi connectivity index (χ2n) is 35.2. The van der Waals surface area contributed by atoms with Crippen molar-refractivity contribution in [3.8, 4) is 0 Å². The number of nitrogens with zero attached hydrogens (tertiary/aromatic N) is 12. The Balaban J connectivity index is 0.000000273. The molecule has 6 aromatic heterocycles. The predicted octanol–water partition coefficient (Wildman–Crippen LogP) is 14.8. The molecule has 0 fully saturated rings. The summed E-state index contributed by atoms with van der Waals surface area (Å²) in [4.78, 5) is 93.4. The Kier molecular flexibility index (Phi) is 45.2. The van der Waals surface area contributed by atoms with Gasteiger partial charge in [0.25, 0.3) is 0 Å². The fourth-order valence-electron chi connectivity index (χ4n) is 16.1. The van der Waals surface area contributed by atoms with Crippen LogP contribution in [-0.4, -0.2) is 202 Å². The van der Waals surface area contributed by atoms with Gasteiger partial charge in [-0.05, 0) is 297 Å². The number of fused-ring (bicyclic) bond motifs is 6. The Labute approximate surface area is 771 Å². The van der Waals surface area contributed by atoms with Gasteiger partial charge in [0.2, 0.25) is 17.7 Å². The van der Waals surface area contributed by atoms with Gasteiger partial charge < -0.3 is 71.1 Å². The first-order valence-corrected chi connectivity index (χ1v) is 45.6. The van der Waals surface area contributed by atoms with Crippen molar-refractivity contribution < 1.29 is 63.8 Å². The van der Waals surface area contributed by atoms with Crippen molar-refractivity contribution in [2.45, 2.75) is 246 Å². The first-order chi connectivity index (χ1) is 58.9. The zero-order valence-electron chi connectivity index (χ0n) is 77.6. The quantitative estimate of drug-likeness (QED) is 0.00899. The zero-order chi connectivity index (χ0) is 88.4. The summed E-state index contributed by atoms with van der Waals surface area (Å²) in [5, 5.41) is 38.6. The number of aliphatic carboxylic acids is 1. The van der Waals surface area contributed by atoms with E-state index in [2.05, 4.69) is 104 Å². The van der Waals surface area contributed by atoms with Crippen LogP contribution < -0.4 is 27.0 Å². The minimum atomic E-state index is -0.792. The number of hydrogen-bond donors (Lipinski definition) is 6. The smallest absolute Gasteiger partial charge is 0.481 e. The number of halogens is 1. The zero-order valence-corrected chi connectivity index (χ0v) is 80.8. The number of pyridine rings is 3. The molecule has 3 aromatic carbocycles. The average molecular weight is 1890 g/mol. The third kappa shape index (κ3) is 36.0. The van der Waals surface area contributed by atoms with E-state index >= 15 is 0 Å². The summed E-state index contributed by atoms with van der Waals surface area (Å²) in [5.41, 5.74) is 20.6. The van der Waals surface area contributed by atoms with Crippen molar-refractivity contribution in [3.05, 3.63) is 185 Å². The topological polar surface area (TPSA) is 317 Å². The number of carboxylic acids is 1. The van der Waals surface area contributed by atoms with Crippen LogP contribution in [0.3, 0.4) is 0 Å². The van der Waals surface area contributed by atoms with E-state index in [1.165, 1.54) is 110 Å². The Bertz CT molecular complexity index is 4850. The van der Waals surface area contributed by atoms with E-state index in [0.717, 1.165) is 165 Å². The summed E-state index contributed by atoms with van der Waals surface area (Å²) < 4.78 is 17.6. The maximum absolute atomic E-state index is 13.3. The van der Waals surface area contributed by atoms with Gasteiger partial charge in [-0.1, -0.05) is 66.7 Å². The average Bonchev–Trinajstić information content (AvgIpc) is 1.66. The molecule has 6 heterocycles. The third-order valence-corrected chi connectivity index (χ3v) is 23.3. The van der Waals surface area contributed by atoms with Crippen molar-refractivity contribution >= 4 is 90.1 Å².